The SMILES string of the molecule is CCCCCCC1CCC(/C=C/c2ccc3cc(CCC)oc(=O)c3c2F)CC1. The Hall–Kier alpha value is -1.90. The lowest BCUT2D eigenvalue weighted by molar-refractivity contribution is 0.289. The third-order valence-electron chi connectivity index (χ3n) is 6.35. The zero-order valence-corrected chi connectivity index (χ0v) is 18.0. The van der Waals surface area contributed by atoms with E-state index >= 15 is 0 Å². The van der Waals surface area contributed by atoms with Gasteiger partial charge in [0.2, 0.25) is 0 Å². The smallest absolute Gasteiger partial charge is 0.346 e. The third kappa shape index (κ3) is 5.81. The van der Waals surface area contributed by atoms with Crippen LogP contribution in [0, 0.1) is 17.7 Å². The second-order valence-corrected chi connectivity index (χ2v) is 8.67. The molecule has 158 valence electrons. The molecule has 1 aromatic carbocycles. The van der Waals surface area contributed by atoms with Crippen molar-refractivity contribution in [2.75, 3.05) is 0 Å². The largest absolute Gasteiger partial charge is 0.427 e. The Bertz CT molecular complexity index is 872. The molecule has 2 nitrogen and oxygen atoms in total. The van der Waals surface area contributed by atoms with E-state index in [0.29, 0.717) is 29.0 Å². The Morgan fingerprint density at radius 3 is 2.59 bits per heavy atom. The fourth-order valence-corrected chi connectivity index (χ4v) is 4.58. The molecule has 0 N–H and O–H groups in total. The second-order valence-electron chi connectivity index (χ2n) is 8.67. The Morgan fingerprint density at radius 1 is 1.07 bits per heavy atom. The number of benzene rings is 1. The van der Waals surface area contributed by atoms with Crippen molar-refractivity contribution < 1.29 is 8.81 Å². The summed E-state index contributed by atoms with van der Waals surface area (Å²) in [7, 11) is 0. The average molecular weight is 399 g/mol. The highest BCUT2D eigenvalue weighted by Gasteiger charge is 2.19. The summed E-state index contributed by atoms with van der Waals surface area (Å²) in [5.74, 6) is 1.55. The van der Waals surface area contributed by atoms with E-state index in [1.807, 2.05) is 19.1 Å². The van der Waals surface area contributed by atoms with Crippen LogP contribution in [0.2, 0.25) is 0 Å². The minimum atomic E-state index is -0.567. The maximum absolute atomic E-state index is 15.0. The fourth-order valence-electron chi connectivity index (χ4n) is 4.58. The molecule has 2 aromatic rings. The van der Waals surface area contributed by atoms with Crippen molar-refractivity contribution in [3.05, 3.63) is 51.8 Å². The molecular formula is C26H35FO2. The summed E-state index contributed by atoms with van der Waals surface area (Å²) in [6, 6.07) is 5.41. The fraction of sp³-hybridized carbons (Fsp3) is 0.577. The van der Waals surface area contributed by atoms with Crippen LogP contribution in [-0.4, -0.2) is 0 Å². The molecular weight excluding hydrogens is 363 g/mol. The van der Waals surface area contributed by atoms with Gasteiger partial charge in [-0.3, -0.25) is 0 Å². The van der Waals surface area contributed by atoms with Crippen LogP contribution in [-0.2, 0) is 6.42 Å². The quantitative estimate of drug-likeness (QED) is 0.406. The molecule has 0 unspecified atom stereocenters. The van der Waals surface area contributed by atoms with E-state index in [1.54, 1.807) is 12.1 Å². The monoisotopic (exact) mass is 398 g/mol. The first-order valence-electron chi connectivity index (χ1n) is 11.6. The van der Waals surface area contributed by atoms with Crippen LogP contribution in [0.15, 0.2) is 33.5 Å². The highest BCUT2D eigenvalue weighted by atomic mass is 19.1. The number of fused-ring (bicyclic) bond motifs is 1. The number of aryl methyl sites for hydroxylation is 1. The van der Waals surface area contributed by atoms with Gasteiger partial charge in [0.05, 0.1) is 0 Å². The van der Waals surface area contributed by atoms with Crippen molar-refractivity contribution in [3.8, 4) is 0 Å². The van der Waals surface area contributed by atoms with Crippen molar-refractivity contribution in [3.63, 3.8) is 0 Å². The Labute approximate surface area is 174 Å². The van der Waals surface area contributed by atoms with E-state index in [4.69, 9.17) is 4.42 Å². The predicted molar refractivity (Wildman–Crippen MR) is 120 cm³/mol. The molecule has 3 heteroatoms. The molecule has 0 atom stereocenters. The average Bonchev–Trinajstić information content (AvgIpc) is 2.71. The van der Waals surface area contributed by atoms with E-state index < -0.39 is 11.4 Å². The molecule has 0 radical (unpaired) electrons. The van der Waals surface area contributed by atoms with E-state index in [0.717, 1.165) is 12.3 Å². The van der Waals surface area contributed by atoms with Crippen molar-refractivity contribution in [2.24, 2.45) is 11.8 Å². The van der Waals surface area contributed by atoms with Gasteiger partial charge in [0.25, 0.3) is 0 Å². The summed E-state index contributed by atoms with van der Waals surface area (Å²) < 4.78 is 20.3. The van der Waals surface area contributed by atoms with Crippen LogP contribution >= 0.6 is 0 Å². The molecule has 1 aliphatic carbocycles. The maximum Gasteiger partial charge on any atom is 0.346 e. The van der Waals surface area contributed by atoms with Crippen LogP contribution in [0.5, 0.6) is 0 Å². The van der Waals surface area contributed by atoms with Gasteiger partial charge in [0, 0.05) is 12.0 Å². The predicted octanol–water partition coefficient (Wildman–Crippen LogP) is 7.67. The van der Waals surface area contributed by atoms with Crippen LogP contribution < -0.4 is 5.63 Å². The third-order valence-corrected chi connectivity index (χ3v) is 6.35. The Balaban J connectivity index is 1.62. The molecule has 1 heterocycles. The number of hydrogen-bond donors (Lipinski definition) is 0. The molecule has 1 saturated carbocycles. The lowest BCUT2D eigenvalue weighted by atomic mass is 9.79. The Kier molecular flexibility index (Phi) is 8.09. The molecule has 0 aliphatic heterocycles. The zero-order chi connectivity index (χ0) is 20.6. The zero-order valence-electron chi connectivity index (χ0n) is 18.0. The highest BCUT2D eigenvalue weighted by molar-refractivity contribution is 5.84. The molecule has 0 spiro atoms. The summed E-state index contributed by atoms with van der Waals surface area (Å²) in [6.07, 6.45) is 17.3. The van der Waals surface area contributed by atoms with Crippen LogP contribution in [0.25, 0.3) is 16.8 Å². The van der Waals surface area contributed by atoms with Crippen LogP contribution in [0.1, 0.15) is 89.4 Å². The number of halogens is 1. The van der Waals surface area contributed by atoms with Crippen LogP contribution in [0.4, 0.5) is 4.39 Å². The first-order chi connectivity index (χ1) is 14.1. The first kappa shape index (κ1) is 21.8. The second kappa shape index (κ2) is 10.8. The van der Waals surface area contributed by atoms with Gasteiger partial charge in [0.15, 0.2) is 0 Å². The van der Waals surface area contributed by atoms with Gasteiger partial charge >= 0.3 is 5.63 Å². The number of allylic oxidation sites excluding steroid dienone is 1. The van der Waals surface area contributed by atoms with E-state index in [-0.39, 0.29) is 5.39 Å². The van der Waals surface area contributed by atoms with E-state index in [2.05, 4.69) is 13.0 Å². The van der Waals surface area contributed by atoms with E-state index in [1.165, 1.54) is 57.8 Å². The standard InChI is InChI=1S/C26H35FO2/c1-3-5-6-7-9-19-10-12-20(13-11-19)14-15-21-16-17-22-18-23(8-4-2)29-26(28)24(22)25(21)27/h14-20H,3-13H2,1-2H3/b15-14+. The number of hydrogen-bond acceptors (Lipinski definition) is 2. The van der Waals surface area contributed by atoms with E-state index in [9.17, 15) is 9.18 Å². The highest BCUT2D eigenvalue weighted by Crippen LogP contribution is 2.33. The van der Waals surface area contributed by atoms with Crippen molar-refractivity contribution in [1.82, 2.24) is 0 Å². The van der Waals surface area contributed by atoms with Gasteiger partial charge in [-0.2, -0.15) is 0 Å². The molecule has 29 heavy (non-hydrogen) atoms. The Morgan fingerprint density at radius 2 is 1.86 bits per heavy atom. The maximum atomic E-state index is 15.0. The minimum Gasteiger partial charge on any atom is -0.427 e. The normalized spacial score (nSPS) is 20.0. The van der Waals surface area contributed by atoms with Gasteiger partial charge in [-0.1, -0.05) is 70.2 Å². The summed E-state index contributed by atoms with van der Waals surface area (Å²) in [5.41, 5.74) is -0.0861. The topological polar surface area (TPSA) is 30.2 Å². The molecule has 1 fully saturated rings. The van der Waals surface area contributed by atoms with Gasteiger partial charge in [-0.05, 0) is 55.4 Å². The summed E-state index contributed by atoms with van der Waals surface area (Å²) in [5, 5.41) is 0.700. The molecule has 3 rings (SSSR count). The van der Waals surface area contributed by atoms with Crippen molar-refractivity contribution >= 4 is 16.8 Å². The van der Waals surface area contributed by atoms with Gasteiger partial charge in [-0.25, -0.2) is 9.18 Å². The van der Waals surface area contributed by atoms with Crippen molar-refractivity contribution in [2.45, 2.75) is 84.5 Å². The molecule has 0 amide bonds. The molecule has 0 bridgehead atoms. The van der Waals surface area contributed by atoms with Crippen LogP contribution in [0.3, 0.4) is 0 Å². The number of unbranched alkanes of at least 4 members (excludes halogenated alkanes) is 3. The summed E-state index contributed by atoms with van der Waals surface area (Å²) >= 11 is 0. The number of rotatable bonds is 9. The molecule has 1 aliphatic rings. The summed E-state index contributed by atoms with van der Waals surface area (Å²) in [6.45, 7) is 4.28. The molecule has 1 aromatic heterocycles. The first-order valence-corrected chi connectivity index (χ1v) is 11.6. The molecule has 0 saturated heterocycles. The van der Waals surface area contributed by atoms with Gasteiger partial charge < -0.3 is 4.42 Å². The lowest BCUT2D eigenvalue weighted by Gasteiger charge is -2.26. The van der Waals surface area contributed by atoms with Gasteiger partial charge in [0.1, 0.15) is 17.0 Å². The minimum absolute atomic E-state index is 0.0720. The van der Waals surface area contributed by atoms with Crippen molar-refractivity contribution in [1.29, 1.82) is 0 Å². The van der Waals surface area contributed by atoms with Gasteiger partial charge in [-0.15, -0.1) is 0 Å². The lowest BCUT2D eigenvalue weighted by Crippen LogP contribution is -2.13. The summed E-state index contributed by atoms with van der Waals surface area (Å²) in [4.78, 5) is 12.3.